The fraction of sp³-hybridized carbons (Fsp3) is 0.222. The Kier molecular flexibility index (Phi) is 5.45. The topological polar surface area (TPSA) is 44.1 Å². The summed E-state index contributed by atoms with van der Waals surface area (Å²) >= 11 is 1.26. The molecule has 0 bridgehead atoms. The monoisotopic (exact) mass is 362 g/mol. The molecule has 0 spiro atoms. The van der Waals surface area contributed by atoms with Gasteiger partial charge in [-0.2, -0.15) is 0 Å². The van der Waals surface area contributed by atoms with Crippen molar-refractivity contribution in [2.45, 2.75) is 17.5 Å². The van der Waals surface area contributed by atoms with E-state index >= 15 is 0 Å². The molecule has 1 heterocycles. The zero-order valence-electron chi connectivity index (χ0n) is 13.5. The molecule has 3 rings (SSSR count). The Morgan fingerprint density at radius 2 is 1.88 bits per heavy atom. The molecule has 2 aromatic carbocycles. The van der Waals surface area contributed by atoms with E-state index in [1.165, 1.54) is 28.5 Å². The number of thioether (sulfide) groups is 1. The average molecular weight is 362 g/mol. The molecule has 25 heavy (non-hydrogen) atoms. The van der Waals surface area contributed by atoms with Crippen molar-refractivity contribution in [2.75, 3.05) is 13.7 Å². The average Bonchev–Trinajstić information content (AvgIpc) is 2.58. The van der Waals surface area contributed by atoms with Gasteiger partial charge in [-0.1, -0.05) is 23.9 Å². The smallest absolute Gasteiger partial charge is 0.262 e. The van der Waals surface area contributed by atoms with Crippen LogP contribution in [0, 0.1) is 11.6 Å². The van der Waals surface area contributed by atoms with Crippen LogP contribution in [-0.2, 0) is 17.0 Å². The zero-order chi connectivity index (χ0) is 17.8. The summed E-state index contributed by atoms with van der Waals surface area (Å²) in [5.74, 6) is -0.954. The molecule has 130 valence electrons. The SMILES string of the molecule is COCCn1c(SCc2cc(F)cc(F)c2)nc2ccccc2c1=O. The van der Waals surface area contributed by atoms with Crippen LogP contribution in [0.3, 0.4) is 0 Å². The number of nitrogens with zero attached hydrogens (tertiary/aromatic N) is 2. The largest absolute Gasteiger partial charge is 0.383 e. The van der Waals surface area contributed by atoms with Crippen LogP contribution in [-0.4, -0.2) is 23.3 Å². The molecule has 0 saturated carbocycles. The summed E-state index contributed by atoms with van der Waals surface area (Å²) in [4.78, 5) is 17.2. The van der Waals surface area contributed by atoms with Crippen molar-refractivity contribution >= 4 is 22.7 Å². The number of halogens is 2. The number of methoxy groups -OCH3 is 1. The first-order chi connectivity index (χ1) is 12.1. The van der Waals surface area contributed by atoms with Crippen molar-refractivity contribution in [3.05, 3.63) is 70.0 Å². The molecule has 0 aliphatic carbocycles. The molecule has 0 aliphatic rings. The molecule has 4 nitrogen and oxygen atoms in total. The van der Waals surface area contributed by atoms with E-state index in [1.54, 1.807) is 25.3 Å². The number of rotatable bonds is 6. The number of benzene rings is 2. The highest BCUT2D eigenvalue weighted by Crippen LogP contribution is 2.23. The third kappa shape index (κ3) is 4.05. The standard InChI is InChI=1S/C18H16F2N2O2S/c1-24-7-6-22-17(23)15-4-2-3-5-16(15)21-18(22)25-11-12-8-13(19)10-14(20)9-12/h2-5,8-10H,6-7,11H2,1H3. The normalized spacial score (nSPS) is 11.2. The van der Waals surface area contributed by atoms with Gasteiger partial charge in [-0.25, -0.2) is 13.8 Å². The van der Waals surface area contributed by atoms with Crippen molar-refractivity contribution in [2.24, 2.45) is 0 Å². The summed E-state index contributed by atoms with van der Waals surface area (Å²) < 4.78 is 33.3. The van der Waals surface area contributed by atoms with Crippen LogP contribution in [0.4, 0.5) is 8.78 Å². The fourth-order valence-electron chi connectivity index (χ4n) is 2.48. The molecular weight excluding hydrogens is 346 g/mol. The first-order valence-corrected chi connectivity index (χ1v) is 8.63. The number of aromatic nitrogens is 2. The van der Waals surface area contributed by atoms with Gasteiger partial charge in [0.25, 0.3) is 5.56 Å². The second kappa shape index (κ2) is 7.76. The highest BCUT2D eigenvalue weighted by Gasteiger charge is 2.12. The molecular formula is C18H16F2N2O2S. The first-order valence-electron chi connectivity index (χ1n) is 7.65. The minimum atomic E-state index is -0.626. The van der Waals surface area contributed by atoms with E-state index in [1.807, 2.05) is 6.07 Å². The third-order valence-electron chi connectivity index (χ3n) is 3.64. The summed E-state index contributed by atoms with van der Waals surface area (Å²) in [5, 5.41) is 1.02. The van der Waals surface area contributed by atoms with Gasteiger partial charge in [0.1, 0.15) is 11.6 Å². The lowest BCUT2D eigenvalue weighted by atomic mass is 10.2. The zero-order valence-corrected chi connectivity index (χ0v) is 14.4. The molecule has 0 radical (unpaired) electrons. The number of para-hydroxylation sites is 1. The van der Waals surface area contributed by atoms with Gasteiger partial charge in [0, 0.05) is 18.9 Å². The van der Waals surface area contributed by atoms with E-state index < -0.39 is 11.6 Å². The summed E-state index contributed by atoms with van der Waals surface area (Å²) in [7, 11) is 1.56. The summed E-state index contributed by atoms with van der Waals surface area (Å²) in [6.45, 7) is 0.717. The van der Waals surface area contributed by atoms with Crippen LogP contribution < -0.4 is 5.56 Å². The quantitative estimate of drug-likeness (QED) is 0.496. The second-order valence-corrected chi connectivity index (χ2v) is 6.37. The number of hydrogen-bond donors (Lipinski definition) is 0. The molecule has 0 fully saturated rings. The Hall–Kier alpha value is -2.25. The van der Waals surface area contributed by atoms with Gasteiger partial charge in [-0.3, -0.25) is 9.36 Å². The summed E-state index contributed by atoms with van der Waals surface area (Å²) in [6, 6.07) is 10.5. The van der Waals surface area contributed by atoms with Crippen molar-refractivity contribution in [1.82, 2.24) is 9.55 Å². The van der Waals surface area contributed by atoms with Crippen molar-refractivity contribution in [1.29, 1.82) is 0 Å². The maximum Gasteiger partial charge on any atom is 0.262 e. The number of hydrogen-bond acceptors (Lipinski definition) is 4. The Morgan fingerprint density at radius 1 is 1.16 bits per heavy atom. The maximum absolute atomic E-state index is 13.3. The summed E-state index contributed by atoms with van der Waals surface area (Å²) in [6.07, 6.45) is 0. The molecule has 0 atom stereocenters. The minimum absolute atomic E-state index is 0.157. The van der Waals surface area contributed by atoms with E-state index in [2.05, 4.69) is 4.98 Å². The first kappa shape index (κ1) is 17.6. The third-order valence-corrected chi connectivity index (χ3v) is 4.68. The predicted molar refractivity (Wildman–Crippen MR) is 93.8 cm³/mol. The van der Waals surface area contributed by atoms with E-state index in [0.717, 1.165) is 6.07 Å². The van der Waals surface area contributed by atoms with E-state index in [-0.39, 0.29) is 5.56 Å². The highest BCUT2D eigenvalue weighted by molar-refractivity contribution is 7.98. The van der Waals surface area contributed by atoms with Gasteiger partial charge in [0.2, 0.25) is 0 Å². The minimum Gasteiger partial charge on any atom is -0.383 e. The fourth-order valence-corrected chi connectivity index (χ4v) is 3.44. The maximum atomic E-state index is 13.3. The molecule has 0 amide bonds. The molecule has 0 aliphatic heterocycles. The van der Waals surface area contributed by atoms with Crippen LogP contribution in [0.2, 0.25) is 0 Å². The van der Waals surface area contributed by atoms with Gasteiger partial charge in [-0.15, -0.1) is 0 Å². The van der Waals surface area contributed by atoms with Gasteiger partial charge in [0.05, 0.1) is 24.1 Å². The van der Waals surface area contributed by atoms with Crippen LogP contribution in [0.25, 0.3) is 10.9 Å². The Morgan fingerprint density at radius 3 is 2.60 bits per heavy atom. The van der Waals surface area contributed by atoms with Gasteiger partial charge in [0.15, 0.2) is 5.16 Å². The van der Waals surface area contributed by atoms with E-state index in [0.29, 0.717) is 40.5 Å². The Balaban J connectivity index is 1.97. The van der Waals surface area contributed by atoms with Crippen molar-refractivity contribution < 1.29 is 13.5 Å². The molecule has 0 saturated heterocycles. The van der Waals surface area contributed by atoms with Crippen LogP contribution in [0.5, 0.6) is 0 Å². The molecule has 1 aromatic heterocycles. The lowest BCUT2D eigenvalue weighted by Gasteiger charge is -2.12. The molecule has 3 aromatic rings. The highest BCUT2D eigenvalue weighted by atomic mass is 32.2. The van der Waals surface area contributed by atoms with E-state index in [4.69, 9.17) is 4.74 Å². The second-order valence-electron chi connectivity index (χ2n) is 5.43. The molecule has 0 unspecified atom stereocenters. The van der Waals surface area contributed by atoms with Gasteiger partial charge >= 0.3 is 0 Å². The van der Waals surface area contributed by atoms with E-state index in [9.17, 15) is 13.6 Å². The summed E-state index contributed by atoms with van der Waals surface area (Å²) in [5.41, 5.74) is 0.924. The van der Waals surface area contributed by atoms with Crippen LogP contribution in [0.15, 0.2) is 52.4 Å². The molecule has 0 N–H and O–H groups in total. The number of fused-ring (bicyclic) bond motifs is 1. The lowest BCUT2D eigenvalue weighted by Crippen LogP contribution is -2.25. The predicted octanol–water partition coefficient (Wildman–Crippen LogP) is 3.61. The number of ether oxygens (including phenoxy) is 1. The van der Waals surface area contributed by atoms with Crippen molar-refractivity contribution in [3.63, 3.8) is 0 Å². The van der Waals surface area contributed by atoms with Crippen LogP contribution in [0.1, 0.15) is 5.56 Å². The molecule has 7 heteroatoms. The van der Waals surface area contributed by atoms with Crippen LogP contribution >= 0.6 is 11.8 Å². The Bertz CT molecular complexity index is 939. The van der Waals surface area contributed by atoms with Crippen molar-refractivity contribution in [3.8, 4) is 0 Å². The lowest BCUT2D eigenvalue weighted by molar-refractivity contribution is 0.183. The van der Waals surface area contributed by atoms with Gasteiger partial charge in [-0.05, 0) is 29.8 Å². The Labute approximate surface area is 147 Å². The van der Waals surface area contributed by atoms with Gasteiger partial charge < -0.3 is 4.74 Å².